The number of aromatic amines is 1. The fourth-order valence-corrected chi connectivity index (χ4v) is 2.92. The van der Waals surface area contributed by atoms with Gasteiger partial charge in [-0.3, -0.25) is 14.9 Å². The number of nitrogens with one attached hydrogen (secondary N) is 2. The predicted octanol–water partition coefficient (Wildman–Crippen LogP) is 4.33. The van der Waals surface area contributed by atoms with Gasteiger partial charge in [0.25, 0.3) is 11.6 Å². The molecule has 9 heteroatoms. The van der Waals surface area contributed by atoms with E-state index < -0.39 is 16.6 Å². The van der Waals surface area contributed by atoms with Crippen LogP contribution in [0.4, 0.5) is 10.1 Å². The number of non-ortho nitro benzene ring substituents is 1. The van der Waals surface area contributed by atoms with E-state index >= 15 is 0 Å². The van der Waals surface area contributed by atoms with Gasteiger partial charge in [-0.2, -0.15) is 0 Å². The standard InChI is InChI=1S/C21H15FN4O4/c22-15-4-2-5-16(10-15)30-19-8-7-13(11-23-19)12-24-21(27)17-9-14-3-1-6-18(26(28)29)20(14)25-17/h1-11,25H,12H2,(H,24,27). The van der Waals surface area contributed by atoms with E-state index in [-0.39, 0.29) is 17.9 Å². The van der Waals surface area contributed by atoms with Gasteiger partial charge in [-0.05, 0) is 23.8 Å². The Morgan fingerprint density at radius 3 is 2.73 bits per heavy atom. The van der Waals surface area contributed by atoms with Crippen LogP contribution in [-0.2, 0) is 6.54 Å². The second kappa shape index (κ2) is 8.00. The van der Waals surface area contributed by atoms with Crippen molar-refractivity contribution in [3.05, 3.63) is 94.0 Å². The van der Waals surface area contributed by atoms with Crippen molar-refractivity contribution in [1.82, 2.24) is 15.3 Å². The molecule has 0 bridgehead atoms. The van der Waals surface area contributed by atoms with Gasteiger partial charge in [0, 0.05) is 36.3 Å². The molecular formula is C21H15FN4O4. The number of H-pyrrole nitrogens is 1. The summed E-state index contributed by atoms with van der Waals surface area (Å²) < 4.78 is 18.7. The van der Waals surface area contributed by atoms with Gasteiger partial charge >= 0.3 is 0 Å². The van der Waals surface area contributed by atoms with Gasteiger partial charge < -0.3 is 15.0 Å². The molecule has 2 heterocycles. The van der Waals surface area contributed by atoms with Crippen molar-refractivity contribution < 1.29 is 18.8 Å². The van der Waals surface area contributed by atoms with Gasteiger partial charge in [0.2, 0.25) is 5.88 Å². The van der Waals surface area contributed by atoms with E-state index in [2.05, 4.69) is 15.3 Å². The zero-order chi connectivity index (χ0) is 21.1. The van der Waals surface area contributed by atoms with E-state index in [0.717, 1.165) is 5.56 Å². The third kappa shape index (κ3) is 4.09. The summed E-state index contributed by atoms with van der Waals surface area (Å²) in [5, 5.41) is 14.4. The summed E-state index contributed by atoms with van der Waals surface area (Å²) in [6.07, 6.45) is 1.53. The highest BCUT2D eigenvalue weighted by molar-refractivity contribution is 6.00. The second-order valence-corrected chi connectivity index (χ2v) is 6.43. The van der Waals surface area contributed by atoms with E-state index in [4.69, 9.17) is 4.74 Å². The summed E-state index contributed by atoms with van der Waals surface area (Å²) in [6, 6.07) is 15.2. The largest absolute Gasteiger partial charge is 0.439 e. The van der Waals surface area contributed by atoms with Crippen LogP contribution in [0.15, 0.2) is 66.9 Å². The van der Waals surface area contributed by atoms with Crippen LogP contribution in [0.25, 0.3) is 10.9 Å². The molecule has 0 saturated heterocycles. The zero-order valence-electron chi connectivity index (χ0n) is 15.5. The zero-order valence-corrected chi connectivity index (χ0v) is 15.5. The predicted molar refractivity (Wildman–Crippen MR) is 107 cm³/mol. The Labute approximate surface area is 169 Å². The quantitative estimate of drug-likeness (QED) is 0.366. The number of carbonyl (C=O) groups is 1. The first kappa shape index (κ1) is 19.1. The molecule has 0 aliphatic carbocycles. The summed E-state index contributed by atoms with van der Waals surface area (Å²) in [5.74, 6) is -0.190. The number of para-hydroxylation sites is 1. The van der Waals surface area contributed by atoms with Crippen LogP contribution in [0.1, 0.15) is 16.1 Å². The fraction of sp³-hybridized carbons (Fsp3) is 0.0476. The second-order valence-electron chi connectivity index (χ2n) is 6.43. The molecule has 2 aromatic carbocycles. The van der Waals surface area contributed by atoms with Gasteiger partial charge in [0.15, 0.2) is 0 Å². The molecule has 0 aliphatic rings. The monoisotopic (exact) mass is 406 g/mol. The van der Waals surface area contributed by atoms with Gasteiger partial charge in [-0.25, -0.2) is 9.37 Å². The van der Waals surface area contributed by atoms with Crippen molar-refractivity contribution in [2.24, 2.45) is 0 Å². The SMILES string of the molecule is O=C(NCc1ccc(Oc2cccc(F)c2)nc1)c1cc2cccc([N+](=O)[O-])c2[nH]1. The number of halogens is 1. The van der Waals surface area contributed by atoms with Crippen LogP contribution < -0.4 is 10.1 Å². The molecule has 1 amide bonds. The smallest absolute Gasteiger partial charge is 0.293 e. The van der Waals surface area contributed by atoms with Crippen LogP contribution in [0.3, 0.4) is 0 Å². The molecule has 0 spiro atoms. The first-order chi connectivity index (χ1) is 14.5. The Hall–Kier alpha value is -4.27. The fourth-order valence-electron chi connectivity index (χ4n) is 2.92. The highest BCUT2D eigenvalue weighted by Crippen LogP contribution is 2.25. The molecule has 0 unspecified atom stereocenters. The number of carbonyl (C=O) groups excluding carboxylic acids is 1. The van der Waals surface area contributed by atoms with E-state index in [1.807, 2.05) is 0 Å². The number of amides is 1. The third-order valence-corrected chi connectivity index (χ3v) is 4.34. The molecule has 2 aromatic heterocycles. The van der Waals surface area contributed by atoms with Crippen molar-refractivity contribution in [1.29, 1.82) is 0 Å². The summed E-state index contributed by atoms with van der Waals surface area (Å²) >= 11 is 0. The number of hydrogen-bond donors (Lipinski definition) is 2. The lowest BCUT2D eigenvalue weighted by molar-refractivity contribution is -0.383. The Kier molecular flexibility index (Phi) is 5.08. The molecule has 150 valence electrons. The van der Waals surface area contributed by atoms with E-state index in [0.29, 0.717) is 22.5 Å². The molecule has 0 fully saturated rings. The van der Waals surface area contributed by atoms with Crippen molar-refractivity contribution in [3.63, 3.8) is 0 Å². The van der Waals surface area contributed by atoms with Gasteiger partial charge in [0.05, 0.1) is 4.92 Å². The molecule has 0 aliphatic heterocycles. The molecule has 0 atom stereocenters. The number of nitro benzene ring substituents is 1. The molecule has 4 aromatic rings. The first-order valence-corrected chi connectivity index (χ1v) is 8.92. The Morgan fingerprint density at radius 2 is 2.00 bits per heavy atom. The lowest BCUT2D eigenvalue weighted by atomic mass is 10.2. The van der Waals surface area contributed by atoms with Crippen molar-refractivity contribution in [3.8, 4) is 11.6 Å². The summed E-state index contributed by atoms with van der Waals surface area (Å²) in [6.45, 7) is 0.198. The van der Waals surface area contributed by atoms with Crippen LogP contribution >= 0.6 is 0 Å². The first-order valence-electron chi connectivity index (χ1n) is 8.92. The average molecular weight is 406 g/mol. The average Bonchev–Trinajstić information content (AvgIpc) is 3.17. The number of benzene rings is 2. The topological polar surface area (TPSA) is 110 Å². The van der Waals surface area contributed by atoms with Crippen molar-refractivity contribution >= 4 is 22.5 Å². The molecule has 8 nitrogen and oxygen atoms in total. The molecule has 30 heavy (non-hydrogen) atoms. The number of pyridine rings is 1. The number of aromatic nitrogens is 2. The van der Waals surface area contributed by atoms with Crippen LogP contribution in [-0.4, -0.2) is 20.8 Å². The molecule has 0 radical (unpaired) electrons. The summed E-state index contributed by atoms with van der Waals surface area (Å²) in [5.41, 5.74) is 1.15. The van der Waals surface area contributed by atoms with Gasteiger partial charge in [-0.1, -0.05) is 24.3 Å². The number of hydrogen-bond acceptors (Lipinski definition) is 5. The van der Waals surface area contributed by atoms with Crippen molar-refractivity contribution in [2.45, 2.75) is 6.54 Å². The van der Waals surface area contributed by atoms with Gasteiger partial charge in [0.1, 0.15) is 22.8 Å². The maximum absolute atomic E-state index is 13.2. The minimum absolute atomic E-state index is 0.0929. The minimum Gasteiger partial charge on any atom is -0.439 e. The van der Waals surface area contributed by atoms with E-state index in [9.17, 15) is 19.3 Å². The Balaban J connectivity index is 1.41. The Morgan fingerprint density at radius 1 is 1.17 bits per heavy atom. The number of ether oxygens (including phenoxy) is 1. The van der Waals surface area contributed by atoms with E-state index in [1.165, 1.54) is 30.5 Å². The summed E-state index contributed by atoms with van der Waals surface area (Å²) in [4.78, 5) is 30.0. The van der Waals surface area contributed by atoms with Crippen LogP contribution in [0, 0.1) is 15.9 Å². The molecule has 4 rings (SSSR count). The lowest BCUT2D eigenvalue weighted by Crippen LogP contribution is -2.23. The maximum Gasteiger partial charge on any atom is 0.293 e. The normalized spacial score (nSPS) is 10.7. The van der Waals surface area contributed by atoms with Crippen molar-refractivity contribution in [2.75, 3.05) is 0 Å². The summed E-state index contributed by atoms with van der Waals surface area (Å²) in [7, 11) is 0. The highest BCUT2D eigenvalue weighted by atomic mass is 19.1. The number of nitro groups is 1. The number of fused-ring (bicyclic) bond motifs is 1. The molecule has 0 saturated carbocycles. The van der Waals surface area contributed by atoms with Crippen LogP contribution in [0.5, 0.6) is 11.6 Å². The van der Waals surface area contributed by atoms with Crippen LogP contribution in [0.2, 0.25) is 0 Å². The van der Waals surface area contributed by atoms with E-state index in [1.54, 1.807) is 36.4 Å². The highest BCUT2D eigenvalue weighted by Gasteiger charge is 2.16. The Bertz CT molecular complexity index is 1240. The molecule has 2 N–H and O–H groups in total. The number of rotatable bonds is 6. The van der Waals surface area contributed by atoms with Gasteiger partial charge in [-0.15, -0.1) is 0 Å². The number of nitrogens with zero attached hydrogens (tertiary/aromatic N) is 2. The third-order valence-electron chi connectivity index (χ3n) is 4.34. The lowest BCUT2D eigenvalue weighted by Gasteiger charge is -2.07. The minimum atomic E-state index is -0.500. The maximum atomic E-state index is 13.2. The molecular weight excluding hydrogens is 391 g/mol.